The third kappa shape index (κ3) is 8.06. The Hall–Kier alpha value is -2.54. The fraction of sp³-hybridized carbons (Fsp3) is 0.333. The van der Waals surface area contributed by atoms with Crippen molar-refractivity contribution in [2.45, 2.75) is 12.8 Å². The van der Waals surface area contributed by atoms with Crippen LogP contribution in [0.15, 0.2) is 36.4 Å². The highest BCUT2D eigenvalue weighted by atomic mass is 32.2. The van der Waals surface area contributed by atoms with Crippen LogP contribution < -0.4 is 22.1 Å². The fourth-order valence-electron chi connectivity index (χ4n) is 2.75. The Morgan fingerprint density at radius 3 is 1.73 bits per heavy atom. The molecule has 0 heterocycles. The van der Waals surface area contributed by atoms with Gasteiger partial charge >= 0.3 is 0 Å². The second-order valence-corrected chi connectivity index (χ2v) is 9.88. The Bertz CT molecular complexity index is 1090. The molecule has 12 heteroatoms. The molecule has 2 aromatic rings. The number of anilines is 4. The third-order valence-corrected chi connectivity index (χ3v) is 5.84. The number of nitrogens with two attached hydrogens (primary N) is 2. The van der Waals surface area contributed by atoms with Crippen molar-refractivity contribution >= 4 is 43.0 Å². The molecule has 0 bridgehead atoms. The molecule has 0 saturated carbocycles. The van der Waals surface area contributed by atoms with Gasteiger partial charge in [-0.1, -0.05) is 12.1 Å². The number of hydrogen-bond acceptors (Lipinski definition) is 8. The Kier molecular flexibility index (Phi) is 7.89. The average Bonchev–Trinajstić information content (AvgIpc) is 2.63. The first kappa shape index (κ1) is 23.7. The molecule has 0 fully saturated rings. The maximum absolute atomic E-state index is 10.8. The predicted molar refractivity (Wildman–Crippen MR) is 120 cm³/mol. The van der Waals surface area contributed by atoms with Gasteiger partial charge in [0.15, 0.2) is 0 Å². The number of nitrogen functional groups attached to an aromatic ring is 2. The summed E-state index contributed by atoms with van der Waals surface area (Å²) in [5.74, 6) is -0.668. The standard InChI is InChI=1S/C18H26N4O6S2/c19-15-5-3-14(12-18(15)22-8-2-10-30(26,27)28)13-4-6-17(16(20)11-13)21-7-1-9-29(23,24)25/h3-6,11-12,21-22H,1-2,7-10,19-20H2,(H,23,24,25)(H,26,27,28). The van der Waals surface area contributed by atoms with E-state index in [1.54, 1.807) is 18.2 Å². The third-order valence-electron chi connectivity index (χ3n) is 4.23. The number of benzene rings is 2. The lowest BCUT2D eigenvalue weighted by Gasteiger charge is -2.13. The van der Waals surface area contributed by atoms with Gasteiger partial charge in [0.2, 0.25) is 0 Å². The first-order valence-electron chi connectivity index (χ1n) is 9.12. The highest BCUT2D eigenvalue weighted by Crippen LogP contribution is 2.31. The average molecular weight is 459 g/mol. The molecule has 30 heavy (non-hydrogen) atoms. The molecule has 0 unspecified atom stereocenters. The van der Waals surface area contributed by atoms with E-state index in [1.165, 1.54) is 0 Å². The molecule has 8 N–H and O–H groups in total. The van der Waals surface area contributed by atoms with E-state index in [0.29, 0.717) is 35.8 Å². The molecule has 2 rings (SSSR count). The molecule has 2 aromatic carbocycles. The largest absolute Gasteiger partial charge is 0.397 e. The summed E-state index contributed by atoms with van der Waals surface area (Å²) in [7, 11) is -7.98. The van der Waals surface area contributed by atoms with Gasteiger partial charge in [-0.15, -0.1) is 0 Å². The van der Waals surface area contributed by atoms with Crippen LogP contribution in [0.4, 0.5) is 22.7 Å². The SMILES string of the molecule is Nc1cc(-c2ccc(N)c(NCCCS(=O)(=O)O)c2)ccc1NCCCS(=O)(=O)O. The highest BCUT2D eigenvalue weighted by molar-refractivity contribution is 7.86. The van der Waals surface area contributed by atoms with Crippen molar-refractivity contribution in [3.63, 3.8) is 0 Å². The Balaban J connectivity index is 2.03. The summed E-state index contributed by atoms with van der Waals surface area (Å²) in [5, 5.41) is 6.08. The van der Waals surface area contributed by atoms with Gasteiger partial charge in [-0.3, -0.25) is 9.11 Å². The van der Waals surface area contributed by atoms with Crippen molar-refractivity contribution < 1.29 is 25.9 Å². The van der Waals surface area contributed by atoms with Gasteiger partial charge in [-0.2, -0.15) is 16.8 Å². The van der Waals surface area contributed by atoms with Gasteiger partial charge in [0, 0.05) is 13.1 Å². The maximum Gasteiger partial charge on any atom is 0.264 e. The molecule has 0 aliphatic carbocycles. The van der Waals surface area contributed by atoms with Crippen LogP contribution in [0.1, 0.15) is 12.8 Å². The number of hydrogen-bond donors (Lipinski definition) is 6. The van der Waals surface area contributed by atoms with Crippen molar-refractivity contribution in [2.24, 2.45) is 0 Å². The Morgan fingerprint density at radius 2 is 1.20 bits per heavy atom. The zero-order valence-corrected chi connectivity index (χ0v) is 17.8. The van der Waals surface area contributed by atoms with Crippen LogP contribution in [0.3, 0.4) is 0 Å². The summed E-state index contributed by atoms with van der Waals surface area (Å²) in [6, 6.07) is 10.7. The molecular weight excluding hydrogens is 432 g/mol. The zero-order valence-electron chi connectivity index (χ0n) is 16.2. The molecule has 10 nitrogen and oxygen atoms in total. The monoisotopic (exact) mass is 458 g/mol. The van der Waals surface area contributed by atoms with Gasteiger partial charge in [0.1, 0.15) is 0 Å². The molecular formula is C18H26N4O6S2. The van der Waals surface area contributed by atoms with Crippen LogP contribution in [0.5, 0.6) is 0 Å². The number of rotatable bonds is 11. The Morgan fingerprint density at radius 1 is 0.700 bits per heavy atom. The highest BCUT2D eigenvalue weighted by Gasteiger charge is 2.08. The minimum absolute atomic E-state index is 0.230. The lowest BCUT2D eigenvalue weighted by molar-refractivity contribution is 0.479. The molecule has 0 atom stereocenters. The van der Waals surface area contributed by atoms with Gasteiger partial charge in [0.25, 0.3) is 20.2 Å². The molecule has 0 amide bonds. The van der Waals surface area contributed by atoms with Gasteiger partial charge in [0.05, 0.1) is 34.3 Å². The molecule has 0 aliphatic rings. The maximum atomic E-state index is 10.8. The van der Waals surface area contributed by atoms with E-state index in [-0.39, 0.29) is 24.3 Å². The lowest BCUT2D eigenvalue weighted by Crippen LogP contribution is -2.11. The van der Waals surface area contributed by atoms with Crippen molar-refractivity contribution in [1.82, 2.24) is 0 Å². The van der Waals surface area contributed by atoms with Crippen LogP contribution in [-0.4, -0.2) is 50.5 Å². The van der Waals surface area contributed by atoms with Crippen LogP contribution in [-0.2, 0) is 20.2 Å². The van der Waals surface area contributed by atoms with Crippen LogP contribution >= 0.6 is 0 Å². The van der Waals surface area contributed by atoms with E-state index >= 15 is 0 Å². The van der Waals surface area contributed by atoms with E-state index in [1.807, 2.05) is 18.2 Å². The summed E-state index contributed by atoms with van der Waals surface area (Å²) >= 11 is 0. The summed E-state index contributed by atoms with van der Waals surface area (Å²) in [5.41, 5.74) is 16.0. The molecule has 0 spiro atoms. The minimum atomic E-state index is -4.00. The second kappa shape index (κ2) is 9.98. The van der Waals surface area contributed by atoms with Crippen molar-refractivity contribution in [3.05, 3.63) is 36.4 Å². The summed E-state index contributed by atoms with van der Waals surface area (Å²) in [6.45, 7) is 0.658. The van der Waals surface area contributed by atoms with Crippen molar-refractivity contribution in [2.75, 3.05) is 46.7 Å². The second-order valence-electron chi connectivity index (χ2n) is 6.74. The van der Waals surface area contributed by atoms with E-state index in [2.05, 4.69) is 10.6 Å². The lowest BCUT2D eigenvalue weighted by atomic mass is 10.0. The van der Waals surface area contributed by atoms with E-state index < -0.39 is 20.2 Å². The topological polar surface area (TPSA) is 185 Å². The Labute approximate surface area is 176 Å². The normalized spacial score (nSPS) is 11.9. The zero-order chi connectivity index (χ0) is 22.4. The summed E-state index contributed by atoms with van der Waals surface area (Å²) in [6.07, 6.45) is 0.470. The van der Waals surface area contributed by atoms with E-state index in [9.17, 15) is 16.8 Å². The fourth-order valence-corrected chi connectivity index (χ4v) is 3.77. The predicted octanol–water partition coefficient (Wildman–Crippen LogP) is 1.90. The minimum Gasteiger partial charge on any atom is -0.397 e. The van der Waals surface area contributed by atoms with Crippen LogP contribution in [0.2, 0.25) is 0 Å². The van der Waals surface area contributed by atoms with E-state index in [4.69, 9.17) is 20.6 Å². The first-order chi connectivity index (χ1) is 13.9. The van der Waals surface area contributed by atoms with Crippen LogP contribution in [0, 0.1) is 0 Å². The molecule has 166 valence electrons. The molecule has 0 radical (unpaired) electrons. The van der Waals surface area contributed by atoms with Crippen molar-refractivity contribution in [1.29, 1.82) is 0 Å². The quantitative estimate of drug-likeness (QED) is 0.165. The van der Waals surface area contributed by atoms with Crippen LogP contribution in [0.25, 0.3) is 11.1 Å². The van der Waals surface area contributed by atoms with Crippen molar-refractivity contribution in [3.8, 4) is 11.1 Å². The summed E-state index contributed by atoms with van der Waals surface area (Å²) < 4.78 is 60.6. The van der Waals surface area contributed by atoms with Gasteiger partial charge < -0.3 is 22.1 Å². The van der Waals surface area contributed by atoms with Gasteiger partial charge in [-0.05, 0) is 48.2 Å². The smallest absolute Gasteiger partial charge is 0.264 e. The summed E-state index contributed by atoms with van der Waals surface area (Å²) in [4.78, 5) is 0. The number of nitrogens with one attached hydrogen (secondary N) is 2. The molecule has 0 saturated heterocycles. The first-order valence-corrected chi connectivity index (χ1v) is 12.3. The van der Waals surface area contributed by atoms with E-state index in [0.717, 1.165) is 11.1 Å². The van der Waals surface area contributed by atoms with Gasteiger partial charge in [-0.25, -0.2) is 0 Å². The molecule has 0 aliphatic heterocycles. The molecule has 0 aromatic heterocycles.